The summed E-state index contributed by atoms with van der Waals surface area (Å²) in [7, 11) is 0. The molecule has 0 unspecified atom stereocenters. The first-order valence-corrected chi connectivity index (χ1v) is 4.97. The van der Waals surface area contributed by atoms with E-state index in [1.807, 2.05) is 6.92 Å². The molecule has 76 valence electrons. The van der Waals surface area contributed by atoms with Crippen LogP contribution in [0.25, 0.3) is 0 Å². The second kappa shape index (κ2) is 5.80. The van der Waals surface area contributed by atoms with Crippen LogP contribution in [-0.2, 0) is 4.74 Å². The fourth-order valence-electron chi connectivity index (χ4n) is 1.42. The molecule has 1 aliphatic heterocycles. The van der Waals surface area contributed by atoms with Crippen LogP contribution in [0.2, 0.25) is 0 Å². The van der Waals surface area contributed by atoms with Gasteiger partial charge >= 0.3 is 6.09 Å². The van der Waals surface area contributed by atoms with E-state index in [2.05, 4.69) is 5.32 Å². The molecule has 1 N–H and O–H groups in total. The second-order valence-electron chi connectivity index (χ2n) is 3.14. The fraction of sp³-hybridized carbons (Fsp3) is 0.889. The average Bonchev–Trinajstić information content (AvgIpc) is 2.03. The fourth-order valence-corrected chi connectivity index (χ4v) is 1.42. The third-order valence-electron chi connectivity index (χ3n) is 2.09. The number of rotatable bonds is 1. The van der Waals surface area contributed by atoms with Gasteiger partial charge in [-0.3, -0.25) is 0 Å². The van der Waals surface area contributed by atoms with Crippen LogP contribution >= 0.6 is 0 Å². The summed E-state index contributed by atoms with van der Waals surface area (Å²) in [5.74, 6) is 0. The van der Waals surface area contributed by atoms with Crippen molar-refractivity contribution in [3.05, 3.63) is 0 Å². The van der Waals surface area contributed by atoms with Gasteiger partial charge in [0, 0.05) is 13.1 Å². The van der Waals surface area contributed by atoms with Crippen LogP contribution in [0.4, 0.5) is 4.79 Å². The highest BCUT2D eigenvalue weighted by Gasteiger charge is 2.14. The first-order chi connectivity index (χ1) is 6.34. The molecule has 1 fully saturated rings. The first kappa shape index (κ1) is 10.3. The van der Waals surface area contributed by atoms with E-state index in [9.17, 15) is 4.79 Å². The smallest absolute Gasteiger partial charge is 0.409 e. The molecule has 1 rings (SSSR count). The Kier molecular flexibility index (Phi) is 4.60. The van der Waals surface area contributed by atoms with Crippen LogP contribution in [0.15, 0.2) is 0 Å². The largest absolute Gasteiger partial charge is 0.450 e. The van der Waals surface area contributed by atoms with Crippen molar-refractivity contribution < 1.29 is 9.53 Å². The van der Waals surface area contributed by atoms with Crippen molar-refractivity contribution in [3.63, 3.8) is 0 Å². The molecule has 0 atom stereocenters. The number of amides is 1. The molecule has 4 nitrogen and oxygen atoms in total. The van der Waals surface area contributed by atoms with E-state index < -0.39 is 0 Å². The lowest BCUT2D eigenvalue weighted by atomic mass is 10.3. The summed E-state index contributed by atoms with van der Waals surface area (Å²) in [5.41, 5.74) is 0. The quantitative estimate of drug-likeness (QED) is 0.659. The van der Waals surface area contributed by atoms with Gasteiger partial charge in [0.25, 0.3) is 0 Å². The Balaban J connectivity index is 2.32. The molecule has 4 heteroatoms. The van der Waals surface area contributed by atoms with Gasteiger partial charge in [-0.25, -0.2) is 4.79 Å². The minimum absolute atomic E-state index is 0.163. The van der Waals surface area contributed by atoms with Gasteiger partial charge in [0.1, 0.15) is 0 Å². The van der Waals surface area contributed by atoms with Crippen molar-refractivity contribution in [2.24, 2.45) is 0 Å². The van der Waals surface area contributed by atoms with E-state index in [0.717, 1.165) is 39.0 Å². The van der Waals surface area contributed by atoms with Crippen LogP contribution in [-0.4, -0.2) is 43.8 Å². The topological polar surface area (TPSA) is 41.6 Å². The zero-order valence-corrected chi connectivity index (χ0v) is 8.21. The van der Waals surface area contributed by atoms with Crippen LogP contribution in [0.3, 0.4) is 0 Å². The molecular formula is C9H18N2O2. The first-order valence-electron chi connectivity index (χ1n) is 4.97. The molecule has 0 aromatic rings. The molecule has 0 radical (unpaired) electrons. The standard InChI is InChI=1S/C9H18N2O2/c1-2-13-9(12)11-7-3-5-10-6-4-8-11/h10H,2-8H2,1H3. The lowest BCUT2D eigenvalue weighted by molar-refractivity contribution is 0.105. The van der Waals surface area contributed by atoms with Gasteiger partial charge in [0.2, 0.25) is 0 Å². The number of carbonyl (C=O) groups excluding carboxylic acids is 1. The Labute approximate surface area is 79.2 Å². The highest BCUT2D eigenvalue weighted by Crippen LogP contribution is 2.00. The number of hydrogen-bond donors (Lipinski definition) is 1. The molecule has 1 saturated heterocycles. The van der Waals surface area contributed by atoms with Gasteiger partial charge < -0.3 is 15.0 Å². The van der Waals surface area contributed by atoms with Crippen molar-refractivity contribution in [2.75, 3.05) is 32.8 Å². The Morgan fingerprint density at radius 1 is 1.38 bits per heavy atom. The predicted molar refractivity (Wildman–Crippen MR) is 50.7 cm³/mol. The van der Waals surface area contributed by atoms with Crippen LogP contribution in [0.1, 0.15) is 19.8 Å². The summed E-state index contributed by atoms with van der Waals surface area (Å²) in [5, 5.41) is 3.30. The van der Waals surface area contributed by atoms with E-state index in [1.54, 1.807) is 4.90 Å². The number of nitrogens with one attached hydrogen (secondary N) is 1. The molecule has 0 bridgehead atoms. The summed E-state index contributed by atoms with van der Waals surface area (Å²) in [6.07, 6.45) is 1.86. The van der Waals surface area contributed by atoms with Crippen molar-refractivity contribution in [3.8, 4) is 0 Å². The summed E-state index contributed by atoms with van der Waals surface area (Å²) in [4.78, 5) is 13.1. The van der Waals surface area contributed by atoms with Gasteiger partial charge in [0.15, 0.2) is 0 Å². The summed E-state index contributed by atoms with van der Waals surface area (Å²) in [6, 6.07) is 0. The summed E-state index contributed by atoms with van der Waals surface area (Å²) >= 11 is 0. The Morgan fingerprint density at radius 3 is 2.54 bits per heavy atom. The third kappa shape index (κ3) is 3.63. The minimum Gasteiger partial charge on any atom is -0.450 e. The van der Waals surface area contributed by atoms with Crippen molar-refractivity contribution >= 4 is 6.09 Å². The van der Waals surface area contributed by atoms with E-state index in [-0.39, 0.29) is 6.09 Å². The molecule has 0 aromatic carbocycles. The zero-order chi connectivity index (χ0) is 9.52. The molecule has 1 heterocycles. The maximum atomic E-state index is 11.3. The molecule has 0 aromatic heterocycles. The molecule has 0 spiro atoms. The highest BCUT2D eigenvalue weighted by atomic mass is 16.6. The lowest BCUT2D eigenvalue weighted by Gasteiger charge is -2.24. The van der Waals surface area contributed by atoms with E-state index in [1.165, 1.54) is 0 Å². The molecular weight excluding hydrogens is 168 g/mol. The van der Waals surface area contributed by atoms with Crippen LogP contribution in [0.5, 0.6) is 0 Å². The second-order valence-corrected chi connectivity index (χ2v) is 3.14. The predicted octanol–water partition coefficient (Wildman–Crippen LogP) is 0.828. The Bertz CT molecular complexity index is 154. The monoisotopic (exact) mass is 186 g/mol. The lowest BCUT2D eigenvalue weighted by Crippen LogP contribution is -2.38. The van der Waals surface area contributed by atoms with E-state index in [0.29, 0.717) is 6.61 Å². The maximum absolute atomic E-state index is 11.3. The molecule has 13 heavy (non-hydrogen) atoms. The summed E-state index contributed by atoms with van der Waals surface area (Å²) < 4.78 is 4.94. The number of hydrogen-bond acceptors (Lipinski definition) is 3. The van der Waals surface area contributed by atoms with Gasteiger partial charge in [-0.2, -0.15) is 0 Å². The summed E-state index contributed by atoms with van der Waals surface area (Å²) in [6.45, 7) is 5.92. The highest BCUT2D eigenvalue weighted by molar-refractivity contribution is 5.67. The Morgan fingerprint density at radius 2 is 2.00 bits per heavy atom. The van der Waals surface area contributed by atoms with Gasteiger partial charge in [-0.15, -0.1) is 0 Å². The molecule has 1 amide bonds. The van der Waals surface area contributed by atoms with E-state index >= 15 is 0 Å². The van der Waals surface area contributed by atoms with E-state index in [4.69, 9.17) is 4.74 Å². The normalized spacial score (nSPS) is 19.0. The van der Waals surface area contributed by atoms with Gasteiger partial charge in [-0.1, -0.05) is 0 Å². The third-order valence-corrected chi connectivity index (χ3v) is 2.09. The number of nitrogens with zero attached hydrogens (tertiary/aromatic N) is 1. The van der Waals surface area contributed by atoms with Crippen molar-refractivity contribution in [1.82, 2.24) is 10.2 Å². The van der Waals surface area contributed by atoms with Crippen LogP contribution < -0.4 is 5.32 Å². The van der Waals surface area contributed by atoms with Crippen LogP contribution in [0, 0.1) is 0 Å². The minimum atomic E-state index is -0.163. The maximum Gasteiger partial charge on any atom is 0.409 e. The molecule has 0 aliphatic carbocycles. The number of ether oxygens (including phenoxy) is 1. The zero-order valence-electron chi connectivity index (χ0n) is 8.21. The Hall–Kier alpha value is -0.770. The van der Waals surface area contributed by atoms with Crippen molar-refractivity contribution in [1.29, 1.82) is 0 Å². The SMILES string of the molecule is CCOC(=O)N1CCCNCCC1. The molecule has 0 saturated carbocycles. The van der Waals surface area contributed by atoms with Gasteiger partial charge in [-0.05, 0) is 32.9 Å². The number of carbonyl (C=O) groups is 1. The molecule has 1 aliphatic rings. The van der Waals surface area contributed by atoms with Crippen molar-refractivity contribution in [2.45, 2.75) is 19.8 Å². The average molecular weight is 186 g/mol. The van der Waals surface area contributed by atoms with Gasteiger partial charge in [0.05, 0.1) is 6.61 Å².